The Hall–Kier alpha value is -2.16. The molecule has 0 fully saturated rings. The molecule has 1 unspecified atom stereocenters. The van der Waals surface area contributed by atoms with Crippen LogP contribution in [0.5, 0.6) is 0 Å². The monoisotopic (exact) mass is 241 g/mol. The number of carboxylic acid groups (broad SMARTS) is 1. The van der Waals surface area contributed by atoms with Crippen LogP contribution >= 0.6 is 0 Å². The molecule has 0 saturated carbocycles. The van der Waals surface area contributed by atoms with E-state index in [1.807, 2.05) is 43.3 Å². The zero-order chi connectivity index (χ0) is 13.0. The molecule has 2 aromatic rings. The molecule has 0 bridgehead atoms. The third-order valence-electron chi connectivity index (χ3n) is 2.87. The van der Waals surface area contributed by atoms with Gasteiger partial charge in [-0.15, -0.1) is 0 Å². The molecule has 1 N–H and O–H groups in total. The highest BCUT2D eigenvalue weighted by molar-refractivity contribution is 5.75. The Kier molecular flexibility index (Phi) is 3.72. The predicted octanol–water partition coefficient (Wildman–Crippen LogP) is 2.80. The van der Waals surface area contributed by atoms with E-state index < -0.39 is 11.9 Å². The lowest BCUT2D eigenvalue weighted by atomic mass is 9.95. The van der Waals surface area contributed by atoms with Crippen LogP contribution in [0, 0.1) is 6.92 Å². The van der Waals surface area contributed by atoms with E-state index >= 15 is 0 Å². The third-order valence-corrected chi connectivity index (χ3v) is 2.87. The average molecular weight is 241 g/mol. The zero-order valence-corrected chi connectivity index (χ0v) is 10.2. The van der Waals surface area contributed by atoms with Crippen LogP contribution < -0.4 is 0 Å². The van der Waals surface area contributed by atoms with Crippen LogP contribution in [0.15, 0.2) is 48.7 Å². The van der Waals surface area contributed by atoms with Gasteiger partial charge >= 0.3 is 5.97 Å². The van der Waals surface area contributed by atoms with Crippen LogP contribution in [0.3, 0.4) is 0 Å². The second-order valence-corrected chi connectivity index (χ2v) is 4.34. The molecule has 1 heterocycles. The summed E-state index contributed by atoms with van der Waals surface area (Å²) in [5, 5.41) is 9.32. The lowest BCUT2D eigenvalue weighted by Crippen LogP contribution is -2.15. The molecular formula is C15H15NO2. The molecule has 0 spiro atoms. The summed E-state index contributed by atoms with van der Waals surface area (Å²) in [6.07, 6.45) is 2.17. The third kappa shape index (κ3) is 2.94. The van der Waals surface area contributed by atoms with E-state index in [0.717, 1.165) is 11.1 Å². The molecule has 2 rings (SSSR count). The van der Waals surface area contributed by atoms with Crippen molar-refractivity contribution in [2.75, 3.05) is 0 Å². The van der Waals surface area contributed by atoms with Crippen molar-refractivity contribution in [1.82, 2.24) is 4.98 Å². The highest BCUT2D eigenvalue weighted by Crippen LogP contribution is 2.19. The Bertz CT molecular complexity index is 520. The average Bonchev–Trinajstić information content (AvgIpc) is 2.38. The molecule has 1 atom stereocenters. The number of hydrogen-bond donors (Lipinski definition) is 1. The molecule has 1 aromatic heterocycles. The van der Waals surface area contributed by atoms with E-state index in [9.17, 15) is 9.90 Å². The van der Waals surface area contributed by atoms with E-state index in [4.69, 9.17) is 0 Å². The van der Waals surface area contributed by atoms with E-state index in [-0.39, 0.29) is 0 Å². The number of benzene rings is 1. The minimum Gasteiger partial charge on any atom is -0.481 e. The number of aliphatic carboxylic acids is 1. The number of aromatic nitrogens is 1. The first-order chi connectivity index (χ1) is 8.66. The molecular weight excluding hydrogens is 226 g/mol. The normalized spacial score (nSPS) is 12.1. The van der Waals surface area contributed by atoms with Crippen molar-refractivity contribution in [3.63, 3.8) is 0 Å². The standard InChI is InChI=1S/C15H15NO2/c1-11-7-8-14(16-10-11)13(15(17)18)9-12-5-3-2-4-6-12/h2-8,10,13H,9H2,1H3,(H,17,18). The van der Waals surface area contributed by atoms with Gasteiger partial charge in [-0.25, -0.2) is 0 Å². The lowest BCUT2D eigenvalue weighted by molar-refractivity contribution is -0.138. The van der Waals surface area contributed by atoms with Gasteiger partial charge in [-0.2, -0.15) is 0 Å². The topological polar surface area (TPSA) is 50.2 Å². The van der Waals surface area contributed by atoms with Crippen molar-refractivity contribution < 1.29 is 9.90 Å². The van der Waals surface area contributed by atoms with E-state index in [2.05, 4.69) is 4.98 Å². The Morgan fingerprint density at radius 3 is 2.50 bits per heavy atom. The fourth-order valence-electron chi connectivity index (χ4n) is 1.85. The second kappa shape index (κ2) is 5.45. The number of pyridine rings is 1. The van der Waals surface area contributed by atoms with E-state index in [1.165, 1.54) is 0 Å². The Morgan fingerprint density at radius 2 is 1.94 bits per heavy atom. The van der Waals surface area contributed by atoms with Gasteiger partial charge in [-0.1, -0.05) is 36.4 Å². The highest BCUT2D eigenvalue weighted by Gasteiger charge is 2.21. The van der Waals surface area contributed by atoms with Crippen molar-refractivity contribution in [2.24, 2.45) is 0 Å². The first-order valence-electron chi connectivity index (χ1n) is 5.86. The summed E-state index contributed by atoms with van der Waals surface area (Å²) >= 11 is 0. The number of nitrogens with zero attached hydrogens (tertiary/aromatic N) is 1. The molecule has 3 heteroatoms. The molecule has 0 aliphatic heterocycles. The molecule has 0 amide bonds. The molecule has 0 saturated heterocycles. The van der Waals surface area contributed by atoms with Gasteiger partial charge in [0.25, 0.3) is 0 Å². The second-order valence-electron chi connectivity index (χ2n) is 4.34. The summed E-state index contributed by atoms with van der Waals surface area (Å²) in [5.74, 6) is -1.43. The Morgan fingerprint density at radius 1 is 1.22 bits per heavy atom. The van der Waals surface area contributed by atoms with Gasteiger partial charge in [0.1, 0.15) is 5.92 Å². The van der Waals surface area contributed by atoms with Gasteiger partial charge in [0.05, 0.1) is 5.69 Å². The van der Waals surface area contributed by atoms with Crippen molar-refractivity contribution in [3.05, 3.63) is 65.5 Å². The number of rotatable bonds is 4. The summed E-state index contributed by atoms with van der Waals surface area (Å²) in [4.78, 5) is 15.6. The number of carbonyl (C=O) groups is 1. The number of aryl methyl sites for hydroxylation is 1. The van der Waals surface area contributed by atoms with Crippen molar-refractivity contribution in [1.29, 1.82) is 0 Å². The van der Waals surface area contributed by atoms with Crippen molar-refractivity contribution >= 4 is 5.97 Å². The van der Waals surface area contributed by atoms with Crippen LogP contribution in [0.2, 0.25) is 0 Å². The van der Waals surface area contributed by atoms with Crippen molar-refractivity contribution in [2.45, 2.75) is 19.3 Å². The smallest absolute Gasteiger partial charge is 0.312 e. The van der Waals surface area contributed by atoms with Crippen molar-refractivity contribution in [3.8, 4) is 0 Å². The molecule has 0 radical (unpaired) electrons. The fourth-order valence-corrected chi connectivity index (χ4v) is 1.85. The van der Waals surface area contributed by atoms with E-state index in [1.54, 1.807) is 12.3 Å². The largest absolute Gasteiger partial charge is 0.481 e. The summed E-state index contributed by atoms with van der Waals surface area (Å²) in [6.45, 7) is 1.93. The molecule has 3 nitrogen and oxygen atoms in total. The molecule has 18 heavy (non-hydrogen) atoms. The van der Waals surface area contributed by atoms with Crippen LogP contribution in [0.1, 0.15) is 22.7 Å². The minimum absolute atomic E-state index is 0.465. The van der Waals surface area contributed by atoms with Crippen LogP contribution in [0.4, 0.5) is 0 Å². The predicted molar refractivity (Wildman–Crippen MR) is 69.5 cm³/mol. The number of carboxylic acids is 1. The summed E-state index contributed by atoms with van der Waals surface area (Å²) < 4.78 is 0. The maximum atomic E-state index is 11.3. The quantitative estimate of drug-likeness (QED) is 0.895. The highest BCUT2D eigenvalue weighted by atomic mass is 16.4. The first-order valence-corrected chi connectivity index (χ1v) is 5.86. The lowest BCUT2D eigenvalue weighted by Gasteiger charge is -2.12. The SMILES string of the molecule is Cc1ccc(C(Cc2ccccc2)C(=O)O)nc1. The van der Waals surface area contributed by atoms with Gasteiger partial charge in [0.2, 0.25) is 0 Å². The van der Waals surface area contributed by atoms with Crippen LogP contribution in [-0.2, 0) is 11.2 Å². The molecule has 92 valence electrons. The zero-order valence-electron chi connectivity index (χ0n) is 10.2. The maximum absolute atomic E-state index is 11.3. The maximum Gasteiger partial charge on any atom is 0.312 e. The van der Waals surface area contributed by atoms with Gasteiger partial charge in [-0.05, 0) is 30.5 Å². The summed E-state index contributed by atoms with van der Waals surface area (Å²) in [6, 6.07) is 13.3. The first kappa shape index (κ1) is 12.3. The fraction of sp³-hybridized carbons (Fsp3) is 0.200. The van der Waals surface area contributed by atoms with Gasteiger partial charge < -0.3 is 5.11 Å². The molecule has 0 aliphatic carbocycles. The molecule has 0 aliphatic rings. The summed E-state index contributed by atoms with van der Waals surface area (Å²) in [7, 11) is 0. The number of hydrogen-bond acceptors (Lipinski definition) is 2. The molecule has 1 aromatic carbocycles. The Balaban J connectivity index is 2.24. The van der Waals surface area contributed by atoms with E-state index in [0.29, 0.717) is 12.1 Å². The Labute approximate surface area is 106 Å². The van der Waals surface area contributed by atoms with Gasteiger partial charge in [-0.3, -0.25) is 9.78 Å². The van der Waals surface area contributed by atoms with Gasteiger partial charge in [0.15, 0.2) is 0 Å². The summed E-state index contributed by atoms with van der Waals surface area (Å²) in [5.41, 5.74) is 2.65. The van der Waals surface area contributed by atoms with Crippen LogP contribution in [-0.4, -0.2) is 16.1 Å². The minimum atomic E-state index is -0.838. The van der Waals surface area contributed by atoms with Crippen LogP contribution in [0.25, 0.3) is 0 Å². The van der Waals surface area contributed by atoms with Gasteiger partial charge in [0, 0.05) is 6.20 Å².